The maximum atomic E-state index is 12.9. The summed E-state index contributed by atoms with van der Waals surface area (Å²) in [6.07, 6.45) is 87.3. The van der Waals surface area contributed by atoms with Gasteiger partial charge in [-0.15, -0.1) is 0 Å². The molecule has 1 atom stereocenters. The molecule has 0 aromatic heterocycles. The monoisotopic (exact) mass is 1090 g/mol. The highest BCUT2D eigenvalue weighted by Gasteiger charge is 2.19. The lowest BCUT2D eigenvalue weighted by Gasteiger charge is -2.18. The first-order valence-electron chi connectivity index (χ1n) is 33.6. The summed E-state index contributed by atoms with van der Waals surface area (Å²) in [5, 5.41) is 0. The largest absolute Gasteiger partial charge is 0.462 e. The van der Waals surface area contributed by atoms with E-state index in [0.717, 1.165) is 103 Å². The number of ether oxygens (including phenoxy) is 3. The molecule has 0 saturated heterocycles. The van der Waals surface area contributed by atoms with E-state index in [-0.39, 0.29) is 31.1 Å². The summed E-state index contributed by atoms with van der Waals surface area (Å²) < 4.78 is 16.9. The fraction of sp³-hybridized carbons (Fsp3) is 0.764. The third-order valence-corrected chi connectivity index (χ3v) is 14.6. The lowest BCUT2D eigenvalue weighted by atomic mass is 10.0. The van der Waals surface area contributed by atoms with Gasteiger partial charge in [-0.2, -0.15) is 0 Å². The molecule has 0 aliphatic heterocycles. The predicted octanol–water partition coefficient (Wildman–Crippen LogP) is 23.1. The molecule has 6 heteroatoms. The van der Waals surface area contributed by atoms with Gasteiger partial charge in [0, 0.05) is 19.3 Å². The summed E-state index contributed by atoms with van der Waals surface area (Å²) in [4.78, 5) is 38.4. The second-order valence-corrected chi connectivity index (χ2v) is 22.4. The van der Waals surface area contributed by atoms with Gasteiger partial charge >= 0.3 is 17.9 Å². The van der Waals surface area contributed by atoms with Gasteiger partial charge in [-0.25, -0.2) is 0 Å². The normalized spacial score (nSPS) is 12.6. The van der Waals surface area contributed by atoms with Crippen molar-refractivity contribution in [3.8, 4) is 0 Å². The van der Waals surface area contributed by atoms with Crippen LogP contribution in [0.4, 0.5) is 0 Å². The standard InChI is InChI=1S/C72H126O6/c1-4-7-10-13-16-19-22-25-28-30-32-34-36-38-40-42-44-47-50-53-56-59-62-65-71(74)77-68-69(67-76-70(73)64-61-58-55-52-49-46-27-24-21-18-15-12-9-6-3)78-72(75)66-63-60-57-54-51-48-45-43-41-39-37-35-33-31-29-26-23-20-17-14-11-8-5-2/h15,18,22-27,30-33,36,38,69H,4-14,16-17,19-21,28-29,34-35,37,39-68H2,1-3H3/b18-15-,25-22-,26-23-,27-24-,32-30-,33-31-,38-36-. The van der Waals surface area contributed by atoms with Crippen LogP contribution in [-0.4, -0.2) is 37.2 Å². The molecule has 0 aliphatic rings. The van der Waals surface area contributed by atoms with Gasteiger partial charge in [-0.05, 0) is 116 Å². The van der Waals surface area contributed by atoms with E-state index in [1.807, 2.05) is 0 Å². The minimum Gasteiger partial charge on any atom is -0.462 e. The first-order chi connectivity index (χ1) is 38.5. The van der Waals surface area contributed by atoms with Gasteiger partial charge in [0.1, 0.15) is 13.2 Å². The van der Waals surface area contributed by atoms with E-state index in [4.69, 9.17) is 14.2 Å². The average Bonchev–Trinajstić information content (AvgIpc) is 3.44. The Morgan fingerprint density at radius 2 is 0.474 bits per heavy atom. The Balaban J connectivity index is 4.35. The number of hydrogen-bond acceptors (Lipinski definition) is 6. The highest BCUT2D eigenvalue weighted by molar-refractivity contribution is 5.71. The second kappa shape index (κ2) is 66.1. The summed E-state index contributed by atoms with van der Waals surface area (Å²) in [6, 6.07) is 0. The number of hydrogen-bond donors (Lipinski definition) is 0. The van der Waals surface area contributed by atoms with Crippen LogP contribution in [0.5, 0.6) is 0 Å². The summed E-state index contributed by atoms with van der Waals surface area (Å²) in [5.74, 6) is -0.894. The number of esters is 3. The summed E-state index contributed by atoms with van der Waals surface area (Å²) >= 11 is 0. The molecular formula is C72H126O6. The lowest BCUT2D eigenvalue weighted by molar-refractivity contribution is -0.167. The molecule has 0 rings (SSSR count). The van der Waals surface area contributed by atoms with Crippen LogP contribution < -0.4 is 0 Å². The van der Waals surface area contributed by atoms with Gasteiger partial charge < -0.3 is 14.2 Å². The van der Waals surface area contributed by atoms with Crippen LogP contribution in [0.1, 0.15) is 335 Å². The minimum absolute atomic E-state index is 0.0848. The van der Waals surface area contributed by atoms with Gasteiger partial charge in [0.05, 0.1) is 0 Å². The van der Waals surface area contributed by atoms with Crippen LogP contribution in [0.15, 0.2) is 85.1 Å². The predicted molar refractivity (Wildman–Crippen MR) is 339 cm³/mol. The van der Waals surface area contributed by atoms with E-state index in [0.29, 0.717) is 19.3 Å². The Morgan fingerprint density at radius 3 is 0.756 bits per heavy atom. The summed E-state index contributed by atoms with van der Waals surface area (Å²) in [5.41, 5.74) is 0. The summed E-state index contributed by atoms with van der Waals surface area (Å²) in [7, 11) is 0. The third kappa shape index (κ3) is 63.4. The van der Waals surface area contributed by atoms with E-state index in [1.54, 1.807) is 0 Å². The number of allylic oxidation sites excluding steroid dienone is 14. The van der Waals surface area contributed by atoms with Gasteiger partial charge in [-0.3, -0.25) is 14.4 Å². The molecule has 0 aromatic rings. The Hall–Kier alpha value is -3.41. The molecule has 0 aliphatic carbocycles. The fourth-order valence-electron chi connectivity index (χ4n) is 9.50. The number of rotatable bonds is 61. The van der Waals surface area contributed by atoms with Crippen LogP contribution in [0.3, 0.4) is 0 Å². The molecule has 0 saturated carbocycles. The van der Waals surface area contributed by atoms with Crippen molar-refractivity contribution in [2.24, 2.45) is 0 Å². The SMILES string of the molecule is CCCC/C=C\C/C=C\CCCCCCCC(=O)OCC(COC(=O)CCCCCCCCCC/C=C\C/C=C\C/C=C\CCCCCCC)OC(=O)CCCCCCCCCCCCC/C=C\C/C=C\CCCCCCC. The maximum absolute atomic E-state index is 12.9. The van der Waals surface area contributed by atoms with E-state index >= 15 is 0 Å². The van der Waals surface area contributed by atoms with Crippen molar-refractivity contribution in [1.82, 2.24) is 0 Å². The minimum atomic E-state index is -0.789. The van der Waals surface area contributed by atoms with Gasteiger partial charge in [-0.1, -0.05) is 286 Å². The topological polar surface area (TPSA) is 78.9 Å². The highest BCUT2D eigenvalue weighted by Crippen LogP contribution is 2.16. The molecule has 1 unspecified atom stereocenters. The Labute approximate surface area is 484 Å². The molecule has 0 N–H and O–H groups in total. The van der Waals surface area contributed by atoms with E-state index < -0.39 is 6.10 Å². The molecule has 0 aromatic carbocycles. The lowest BCUT2D eigenvalue weighted by Crippen LogP contribution is -2.30. The first-order valence-corrected chi connectivity index (χ1v) is 33.6. The van der Waals surface area contributed by atoms with Crippen molar-refractivity contribution in [2.45, 2.75) is 341 Å². The van der Waals surface area contributed by atoms with Gasteiger partial charge in [0.2, 0.25) is 0 Å². The van der Waals surface area contributed by atoms with Crippen molar-refractivity contribution in [3.05, 3.63) is 85.1 Å². The molecule has 6 nitrogen and oxygen atoms in total. The van der Waals surface area contributed by atoms with Crippen LogP contribution in [0, 0.1) is 0 Å². The number of carbonyl (C=O) groups is 3. The van der Waals surface area contributed by atoms with Gasteiger partial charge in [0.25, 0.3) is 0 Å². The van der Waals surface area contributed by atoms with Crippen molar-refractivity contribution in [3.63, 3.8) is 0 Å². The van der Waals surface area contributed by atoms with E-state index in [1.165, 1.54) is 193 Å². The molecule has 0 heterocycles. The zero-order valence-corrected chi connectivity index (χ0v) is 51.7. The Morgan fingerprint density at radius 1 is 0.256 bits per heavy atom. The molecule has 0 radical (unpaired) electrons. The molecule has 0 spiro atoms. The van der Waals surface area contributed by atoms with Crippen LogP contribution in [0.25, 0.3) is 0 Å². The summed E-state index contributed by atoms with van der Waals surface area (Å²) in [6.45, 7) is 6.59. The third-order valence-electron chi connectivity index (χ3n) is 14.6. The average molecular weight is 1090 g/mol. The van der Waals surface area contributed by atoms with Crippen LogP contribution in [0.2, 0.25) is 0 Å². The van der Waals surface area contributed by atoms with Crippen LogP contribution >= 0.6 is 0 Å². The maximum Gasteiger partial charge on any atom is 0.306 e. The smallest absolute Gasteiger partial charge is 0.306 e. The van der Waals surface area contributed by atoms with E-state index in [2.05, 4.69) is 106 Å². The molecule has 78 heavy (non-hydrogen) atoms. The second-order valence-electron chi connectivity index (χ2n) is 22.4. The van der Waals surface area contributed by atoms with Crippen molar-refractivity contribution >= 4 is 17.9 Å². The molecular weight excluding hydrogens is 961 g/mol. The quantitative estimate of drug-likeness (QED) is 0.0261. The van der Waals surface area contributed by atoms with Crippen molar-refractivity contribution in [1.29, 1.82) is 0 Å². The zero-order chi connectivity index (χ0) is 56.4. The first kappa shape index (κ1) is 74.6. The molecule has 0 bridgehead atoms. The highest BCUT2D eigenvalue weighted by atomic mass is 16.6. The number of unbranched alkanes of at least 4 members (excludes halogenated alkanes) is 36. The molecule has 0 amide bonds. The molecule has 450 valence electrons. The van der Waals surface area contributed by atoms with Gasteiger partial charge in [0.15, 0.2) is 6.10 Å². The zero-order valence-electron chi connectivity index (χ0n) is 51.7. The Bertz CT molecular complexity index is 1480. The molecule has 0 fully saturated rings. The number of carbonyl (C=O) groups excluding carboxylic acids is 3. The van der Waals surface area contributed by atoms with Crippen molar-refractivity contribution < 1.29 is 28.6 Å². The fourth-order valence-corrected chi connectivity index (χ4v) is 9.50. The van der Waals surface area contributed by atoms with E-state index in [9.17, 15) is 14.4 Å². The van der Waals surface area contributed by atoms with Crippen molar-refractivity contribution in [2.75, 3.05) is 13.2 Å². The van der Waals surface area contributed by atoms with Crippen LogP contribution in [-0.2, 0) is 28.6 Å². The Kier molecular flexibility index (Phi) is 63.2.